The lowest BCUT2D eigenvalue weighted by Gasteiger charge is -2.16. The summed E-state index contributed by atoms with van der Waals surface area (Å²) in [5.74, 6) is 0. The van der Waals surface area contributed by atoms with Gasteiger partial charge >= 0.3 is 0 Å². The van der Waals surface area contributed by atoms with Gasteiger partial charge in [0.1, 0.15) is 0 Å². The standard InChI is InChI=1S/C18H24N2O/c1-20(13-17-9-11-21-14-17)12-16-4-2-15(3-5-16)8-10-19-18-6-7-18/h2-5,9,11,14,18-19H,6-8,10,12-13H2,1H3. The first kappa shape index (κ1) is 14.4. The Morgan fingerprint density at radius 3 is 2.43 bits per heavy atom. The number of rotatable bonds is 8. The molecule has 2 aromatic rings. The van der Waals surface area contributed by atoms with Crippen LogP contribution in [-0.2, 0) is 19.5 Å². The van der Waals surface area contributed by atoms with Crippen molar-refractivity contribution in [3.63, 3.8) is 0 Å². The molecule has 0 aliphatic heterocycles. The Morgan fingerprint density at radius 2 is 1.76 bits per heavy atom. The summed E-state index contributed by atoms with van der Waals surface area (Å²) >= 11 is 0. The quantitative estimate of drug-likeness (QED) is 0.807. The largest absolute Gasteiger partial charge is 0.472 e. The fourth-order valence-electron chi connectivity index (χ4n) is 2.58. The highest BCUT2D eigenvalue weighted by molar-refractivity contribution is 5.23. The predicted molar refractivity (Wildman–Crippen MR) is 85.0 cm³/mol. The van der Waals surface area contributed by atoms with Crippen LogP contribution in [-0.4, -0.2) is 24.5 Å². The summed E-state index contributed by atoms with van der Waals surface area (Å²) in [6.45, 7) is 2.99. The van der Waals surface area contributed by atoms with E-state index in [1.807, 2.05) is 12.3 Å². The lowest BCUT2D eigenvalue weighted by Crippen LogP contribution is -2.19. The van der Waals surface area contributed by atoms with Crippen molar-refractivity contribution in [2.45, 2.75) is 38.4 Å². The van der Waals surface area contributed by atoms with E-state index in [9.17, 15) is 0 Å². The van der Waals surface area contributed by atoms with Gasteiger partial charge in [-0.2, -0.15) is 0 Å². The van der Waals surface area contributed by atoms with E-state index in [0.717, 1.165) is 32.1 Å². The van der Waals surface area contributed by atoms with Crippen LogP contribution in [0.3, 0.4) is 0 Å². The third-order valence-electron chi connectivity index (χ3n) is 3.93. The predicted octanol–water partition coefficient (Wildman–Crippen LogP) is 3.21. The molecule has 3 heteroatoms. The van der Waals surface area contributed by atoms with E-state index in [0.29, 0.717) is 0 Å². The zero-order valence-electron chi connectivity index (χ0n) is 12.7. The first-order valence-electron chi connectivity index (χ1n) is 7.80. The molecule has 3 nitrogen and oxygen atoms in total. The topological polar surface area (TPSA) is 28.4 Å². The molecule has 0 bridgehead atoms. The van der Waals surface area contributed by atoms with E-state index in [1.165, 1.54) is 29.5 Å². The number of furan rings is 1. The van der Waals surface area contributed by atoms with Crippen molar-refractivity contribution in [2.24, 2.45) is 0 Å². The van der Waals surface area contributed by atoms with Crippen LogP contribution in [0.5, 0.6) is 0 Å². The minimum Gasteiger partial charge on any atom is -0.472 e. The maximum Gasteiger partial charge on any atom is 0.0947 e. The van der Waals surface area contributed by atoms with Gasteiger partial charge < -0.3 is 9.73 Å². The fraction of sp³-hybridized carbons (Fsp3) is 0.444. The van der Waals surface area contributed by atoms with Crippen LogP contribution >= 0.6 is 0 Å². The lowest BCUT2D eigenvalue weighted by molar-refractivity contribution is 0.318. The highest BCUT2D eigenvalue weighted by atomic mass is 16.3. The molecule has 0 amide bonds. The molecule has 1 aliphatic rings. The Hall–Kier alpha value is -1.58. The van der Waals surface area contributed by atoms with Crippen LogP contribution in [0.1, 0.15) is 29.5 Å². The monoisotopic (exact) mass is 284 g/mol. The van der Waals surface area contributed by atoms with E-state index >= 15 is 0 Å². The Morgan fingerprint density at radius 1 is 1.05 bits per heavy atom. The lowest BCUT2D eigenvalue weighted by atomic mass is 10.1. The van der Waals surface area contributed by atoms with Gasteiger partial charge in [0, 0.05) is 24.7 Å². The van der Waals surface area contributed by atoms with E-state index in [-0.39, 0.29) is 0 Å². The summed E-state index contributed by atoms with van der Waals surface area (Å²) in [6, 6.07) is 11.8. The summed E-state index contributed by atoms with van der Waals surface area (Å²) in [5, 5.41) is 3.56. The average Bonchev–Trinajstić information content (AvgIpc) is 3.16. The first-order chi connectivity index (χ1) is 10.3. The zero-order valence-corrected chi connectivity index (χ0v) is 12.7. The number of hydrogen-bond acceptors (Lipinski definition) is 3. The van der Waals surface area contributed by atoms with Crippen molar-refractivity contribution >= 4 is 0 Å². The van der Waals surface area contributed by atoms with E-state index in [2.05, 4.69) is 41.5 Å². The first-order valence-corrected chi connectivity index (χ1v) is 7.80. The molecule has 1 heterocycles. The normalized spacial score (nSPS) is 14.8. The van der Waals surface area contributed by atoms with Crippen molar-refractivity contribution in [2.75, 3.05) is 13.6 Å². The second kappa shape index (κ2) is 6.92. The molecule has 1 N–H and O–H groups in total. The molecule has 1 fully saturated rings. The Labute approximate surface area is 127 Å². The third-order valence-corrected chi connectivity index (χ3v) is 3.93. The molecule has 0 atom stereocenters. The van der Waals surface area contributed by atoms with Gasteiger partial charge in [0.2, 0.25) is 0 Å². The van der Waals surface area contributed by atoms with Gasteiger partial charge in [-0.25, -0.2) is 0 Å². The van der Waals surface area contributed by atoms with Gasteiger partial charge in [-0.1, -0.05) is 24.3 Å². The number of benzene rings is 1. The van der Waals surface area contributed by atoms with Crippen LogP contribution in [0.4, 0.5) is 0 Å². The van der Waals surface area contributed by atoms with Gasteiger partial charge in [0.05, 0.1) is 12.5 Å². The van der Waals surface area contributed by atoms with Crippen molar-refractivity contribution in [3.05, 3.63) is 59.5 Å². The van der Waals surface area contributed by atoms with Crippen molar-refractivity contribution < 1.29 is 4.42 Å². The molecule has 1 aromatic heterocycles. The van der Waals surface area contributed by atoms with Gasteiger partial charge in [-0.3, -0.25) is 4.90 Å². The van der Waals surface area contributed by atoms with Crippen LogP contribution in [0.25, 0.3) is 0 Å². The minimum absolute atomic E-state index is 0.806. The molecule has 1 aromatic carbocycles. The van der Waals surface area contributed by atoms with E-state index < -0.39 is 0 Å². The molecule has 0 unspecified atom stereocenters. The fourth-order valence-corrected chi connectivity index (χ4v) is 2.58. The van der Waals surface area contributed by atoms with Crippen LogP contribution in [0.15, 0.2) is 47.3 Å². The minimum atomic E-state index is 0.806. The number of nitrogens with zero attached hydrogens (tertiary/aromatic N) is 1. The molecule has 1 saturated carbocycles. The summed E-state index contributed by atoms with van der Waals surface area (Å²) in [4.78, 5) is 2.30. The van der Waals surface area contributed by atoms with Crippen LogP contribution < -0.4 is 5.32 Å². The molecule has 0 radical (unpaired) electrons. The maximum absolute atomic E-state index is 5.11. The Bertz CT molecular complexity index is 529. The molecule has 112 valence electrons. The van der Waals surface area contributed by atoms with E-state index in [4.69, 9.17) is 4.42 Å². The molecule has 0 saturated heterocycles. The summed E-state index contributed by atoms with van der Waals surface area (Å²) in [7, 11) is 2.14. The molecular weight excluding hydrogens is 260 g/mol. The second-order valence-electron chi connectivity index (χ2n) is 6.10. The van der Waals surface area contributed by atoms with E-state index in [1.54, 1.807) is 6.26 Å². The summed E-state index contributed by atoms with van der Waals surface area (Å²) < 4.78 is 5.11. The highest BCUT2D eigenvalue weighted by Crippen LogP contribution is 2.18. The Kier molecular flexibility index (Phi) is 4.73. The van der Waals surface area contributed by atoms with Gasteiger partial charge in [-0.05, 0) is 50.0 Å². The molecule has 1 aliphatic carbocycles. The van der Waals surface area contributed by atoms with Gasteiger partial charge in [-0.15, -0.1) is 0 Å². The number of nitrogens with one attached hydrogen (secondary N) is 1. The third kappa shape index (κ3) is 4.73. The van der Waals surface area contributed by atoms with Crippen LogP contribution in [0, 0.1) is 0 Å². The van der Waals surface area contributed by atoms with Crippen molar-refractivity contribution in [3.8, 4) is 0 Å². The second-order valence-corrected chi connectivity index (χ2v) is 6.10. The van der Waals surface area contributed by atoms with Gasteiger partial charge in [0.15, 0.2) is 0 Å². The zero-order chi connectivity index (χ0) is 14.5. The molecule has 21 heavy (non-hydrogen) atoms. The van der Waals surface area contributed by atoms with Crippen molar-refractivity contribution in [1.82, 2.24) is 10.2 Å². The maximum atomic E-state index is 5.11. The molecule has 0 spiro atoms. The summed E-state index contributed by atoms with van der Waals surface area (Å²) in [6.07, 6.45) is 7.39. The average molecular weight is 284 g/mol. The molecular formula is C18H24N2O. The van der Waals surface area contributed by atoms with Crippen LogP contribution in [0.2, 0.25) is 0 Å². The highest BCUT2D eigenvalue weighted by Gasteiger charge is 2.19. The summed E-state index contributed by atoms with van der Waals surface area (Å²) in [5.41, 5.74) is 4.00. The van der Waals surface area contributed by atoms with Crippen molar-refractivity contribution in [1.29, 1.82) is 0 Å². The van der Waals surface area contributed by atoms with Gasteiger partial charge in [0.25, 0.3) is 0 Å². The SMILES string of the molecule is CN(Cc1ccc(CCNC2CC2)cc1)Cc1ccoc1. The smallest absolute Gasteiger partial charge is 0.0947 e. The molecule has 3 rings (SSSR count). The Balaban J connectivity index is 1.44. The number of hydrogen-bond donors (Lipinski definition) is 1.